The number of carbonyl (C=O) groups excluding carboxylic acids is 1. The molecule has 92 valence electrons. The van der Waals surface area contributed by atoms with Crippen LogP contribution in [0.2, 0.25) is 0 Å². The van der Waals surface area contributed by atoms with Gasteiger partial charge < -0.3 is 10.6 Å². The maximum atomic E-state index is 11.6. The Hall–Kier alpha value is -1.35. The maximum Gasteiger partial charge on any atom is 0.224 e. The minimum atomic E-state index is 0.121. The molecule has 1 amide bonds. The molecule has 3 heteroatoms. The number of hydrogen-bond donors (Lipinski definition) is 2. The fourth-order valence-electron chi connectivity index (χ4n) is 2.12. The van der Waals surface area contributed by atoms with Gasteiger partial charge in [-0.05, 0) is 42.6 Å². The molecule has 1 heterocycles. The molecule has 0 spiro atoms. The summed E-state index contributed by atoms with van der Waals surface area (Å²) in [6.45, 7) is 4.06. The molecule has 0 unspecified atom stereocenters. The van der Waals surface area contributed by atoms with E-state index in [4.69, 9.17) is 0 Å². The van der Waals surface area contributed by atoms with Crippen molar-refractivity contribution in [1.82, 2.24) is 5.32 Å². The van der Waals surface area contributed by atoms with E-state index >= 15 is 0 Å². The van der Waals surface area contributed by atoms with Crippen LogP contribution in [-0.4, -0.2) is 12.5 Å². The summed E-state index contributed by atoms with van der Waals surface area (Å²) in [5.41, 5.74) is 3.63. The number of unbranched alkanes of at least 4 members (excludes halogenated alkanes) is 1. The lowest BCUT2D eigenvalue weighted by atomic mass is 10.0. The molecular weight excluding hydrogens is 212 g/mol. The van der Waals surface area contributed by atoms with Crippen LogP contribution in [0.25, 0.3) is 0 Å². The van der Waals surface area contributed by atoms with Crippen molar-refractivity contribution in [3.05, 3.63) is 29.3 Å². The highest BCUT2D eigenvalue weighted by Gasteiger charge is 2.09. The van der Waals surface area contributed by atoms with E-state index in [9.17, 15) is 4.79 Å². The summed E-state index contributed by atoms with van der Waals surface area (Å²) in [6, 6.07) is 6.23. The molecule has 1 aliphatic rings. The SMILES string of the molecule is CCCCC(=O)Nc1ccc2c(c1)CNCC2. The number of rotatable bonds is 4. The van der Waals surface area contributed by atoms with E-state index in [2.05, 4.69) is 29.7 Å². The van der Waals surface area contributed by atoms with E-state index in [0.29, 0.717) is 6.42 Å². The van der Waals surface area contributed by atoms with E-state index in [1.807, 2.05) is 6.07 Å². The van der Waals surface area contributed by atoms with Crippen LogP contribution in [0.1, 0.15) is 37.3 Å². The quantitative estimate of drug-likeness (QED) is 0.837. The Balaban J connectivity index is 1.99. The molecule has 0 fully saturated rings. The van der Waals surface area contributed by atoms with Crippen LogP contribution in [0, 0.1) is 0 Å². The van der Waals surface area contributed by atoms with E-state index in [1.165, 1.54) is 11.1 Å². The fourth-order valence-corrected chi connectivity index (χ4v) is 2.12. The zero-order valence-electron chi connectivity index (χ0n) is 10.4. The lowest BCUT2D eigenvalue weighted by Crippen LogP contribution is -2.23. The molecule has 0 saturated carbocycles. The number of anilines is 1. The number of carbonyl (C=O) groups is 1. The van der Waals surface area contributed by atoms with E-state index in [0.717, 1.165) is 38.0 Å². The highest BCUT2D eigenvalue weighted by Crippen LogP contribution is 2.19. The highest BCUT2D eigenvalue weighted by molar-refractivity contribution is 5.90. The van der Waals surface area contributed by atoms with Gasteiger partial charge in [-0.1, -0.05) is 19.4 Å². The van der Waals surface area contributed by atoms with Gasteiger partial charge in [0.25, 0.3) is 0 Å². The molecule has 1 aliphatic heterocycles. The third-order valence-corrected chi connectivity index (χ3v) is 3.13. The molecule has 2 N–H and O–H groups in total. The number of benzene rings is 1. The second-order valence-corrected chi connectivity index (χ2v) is 4.56. The van der Waals surface area contributed by atoms with Crippen molar-refractivity contribution in [2.75, 3.05) is 11.9 Å². The van der Waals surface area contributed by atoms with Gasteiger partial charge in [0.1, 0.15) is 0 Å². The first kappa shape index (κ1) is 12.1. The van der Waals surface area contributed by atoms with Gasteiger partial charge in [-0.3, -0.25) is 4.79 Å². The lowest BCUT2D eigenvalue weighted by Gasteiger charge is -2.18. The molecule has 0 aliphatic carbocycles. The summed E-state index contributed by atoms with van der Waals surface area (Å²) in [4.78, 5) is 11.6. The Morgan fingerprint density at radius 1 is 1.41 bits per heavy atom. The van der Waals surface area contributed by atoms with E-state index in [-0.39, 0.29) is 5.91 Å². The first-order valence-corrected chi connectivity index (χ1v) is 6.42. The van der Waals surface area contributed by atoms with E-state index in [1.54, 1.807) is 0 Å². The van der Waals surface area contributed by atoms with Crippen LogP contribution in [0.4, 0.5) is 5.69 Å². The average Bonchev–Trinajstić information content (AvgIpc) is 2.36. The molecule has 3 nitrogen and oxygen atoms in total. The van der Waals surface area contributed by atoms with Gasteiger partial charge in [0.15, 0.2) is 0 Å². The van der Waals surface area contributed by atoms with Gasteiger partial charge in [-0.15, -0.1) is 0 Å². The van der Waals surface area contributed by atoms with Gasteiger partial charge in [0, 0.05) is 18.7 Å². The molecule has 17 heavy (non-hydrogen) atoms. The molecule has 1 aromatic carbocycles. The van der Waals surface area contributed by atoms with Crippen LogP contribution in [0.15, 0.2) is 18.2 Å². The second kappa shape index (κ2) is 5.82. The first-order valence-electron chi connectivity index (χ1n) is 6.42. The number of hydrogen-bond acceptors (Lipinski definition) is 2. The largest absolute Gasteiger partial charge is 0.326 e. The Bertz CT molecular complexity index is 401. The van der Waals surface area contributed by atoms with Crippen LogP contribution in [0.3, 0.4) is 0 Å². The Labute approximate surface area is 103 Å². The summed E-state index contributed by atoms with van der Waals surface area (Å²) >= 11 is 0. The van der Waals surface area contributed by atoms with Crippen LogP contribution < -0.4 is 10.6 Å². The van der Waals surface area contributed by atoms with Crippen molar-refractivity contribution in [3.8, 4) is 0 Å². The predicted octanol–water partition coefficient (Wildman–Crippen LogP) is 2.46. The summed E-state index contributed by atoms with van der Waals surface area (Å²) in [5, 5.41) is 6.30. The van der Waals surface area contributed by atoms with Crippen molar-refractivity contribution >= 4 is 11.6 Å². The molecule has 0 saturated heterocycles. The summed E-state index contributed by atoms with van der Waals surface area (Å²) in [7, 11) is 0. The molecule has 1 aromatic rings. The van der Waals surface area contributed by atoms with Gasteiger partial charge in [-0.2, -0.15) is 0 Å². The molecule has 0 radical (unpaired) electrons. The normalized spacial score (nSPS) is 14.2. The predicted molar refractivity (Wildman–Crippen MR) is 70.0 cm³/mol. The monoisotopic (exact) mass is 232 g/mol. The van der Waals surface area contributed by atoms with Crippen LogP contribution in [0.5, 0.6) is 0 Å². The minimum absolute atomic E-state index is 0.121. The van der Waals surface area contributed by atoms with Crippen molar-refractivity contribution in [2.45, 2.75) is 39.2 Å². The third-order valence-electron chi connectivity index (χ3n) is 3.13. The summed E-state index contributed by atoms with van der Waals surface area (Å²) in [6.07, 6.45) is 3.71. The van der Waals surface area contributed by atoms with Crippen molar-refractivity contribution in [2.24, 2.45) is 0 Å². The molecule has 2 rings (SSSR count). The molecule has 0 aromatic heterocycles. The average molecular weight is 232 g/mol. The number of nitrogens with one attached hydrogen (secondary N) is 2. The standard InChI is InChI=1S/C14H20N2O/c1-2-3-4-14(17)16-13-6-5-11-7-8-15-10-12(11)9-13/h5-6,9,15H,2-4,7-8,10H2,1H3,(H,16,17). The number of fused-ring (bicyclic) bond motifs is 1. The molecule has 0 bridgehead atoms. The molecule has 0 atom stereocenters. The van der Waals surface area contributed by atoms with Gasteiger partial charge in [-0.25, -0.2) is 0 Å². The van der Waals surface area contributed by atoms with Gasteiger partial charge >= 0.3 is 0 Å². The second-order valence-electron chi connectivity index (χ2n) is 4.56. The van der Waals surface area contributed by atoms with Crippen LogP contribution >= 0.6 is 0 Å². The smallest absolute Gasteiger partial charge is 0.224 e. The first-order chi connectivity index (χ1) is 8.29. The Kier molecular flexibility index (Phi) is 4.15. The van der Waals surface area contributed by atoms with Gasteiger partial charge in [0.2, 0.25) is 5.91 Å². The van der Waals surface area contributed by atoms with E-state index < -0.39 is 0 Å². The van der Waals surface area contributed by atoms with Crippen molar-refractivity contribution in [3.63, 3.8) is 0 Å². The Morgan fingerprint density at radius 2 is 2.29 bits per heavy atom. The maximum absolute atomic E-state index is 11.6. The van der Waals surface area contributed by atoms with Crippen molar-refractivity contribution in [1.29, 1.82) is 0 Å². The third kappa shape index (κ3) is 3.30. The number of amides is 1. The zero-order valence-corrected chi connectivity index (χ0v) is 10.4. The minimum Gasteiger partial charge on any atom is -0.326 e. The van der Waals surface area contributed by atoms with Gasteiger partial charge in [0.05, 0.1) is 0 Å². The highest BCUT2D eigenvalue weighted by atomic mass is 16.1. The molecular formula is C14H20N2O. The fraction of sp³-hybridized carbons (Fsp3) is 0.500. The lowest BCUT2D eigenvalue weighted by molar-refractivity contribution is -0.116. The zero-order chi connectivity index (χ0) is 12.1. The van der Waals surface area contributed by atoms with Crippen molar-refractivity contribution < 1.29 is 4.79 Å². The summed E-state index contributed by atoms with van der Waals surface area (Å²) in [5.74, 6) is 0.121. The topological polar surface area (TPSA) is 41.1 Å². The Morgan fingerprint density at radius 3 is 3.12 bits per heavy atom. The van der Waals surface area contributed by atoms with Crippen LogP contribution in [-0.2, 0) is 17.8 Å². The summed E-state index contributed by atoms with van der Waals surface area (Å²) < 4.78 is 0.